The number of hydrogen-bond acceptors (Lipinski definition) is 4. The number of ether oxygens (including phenoxy) is 1. The molecule has 0 bridgehead atoms. The van der Waals surface area contributed by atoms with Crippen LogP contribution in [0.5, 0.6) is 0 Å². The molecule has 0 aromatic carbocycles. The van der Waals surface area contributed by atoms with Crippen LogP contribution in [0.1, 0.15) is 41.7 Å². The van der Waals surface area contributed by atoms with Crippen LogP contribution in [0.4, 0.5) is 0 Å². The molecule has 2 heterocycles. The van der Waals surface area contributed by atoms with Gasteiger partial charge in [0.1, 0.15) is 5.69 Å². The van der Waals surface area contributed by atoms with E-state index in [1.807, 2.05) is 19.1 Å². The maximum absolute atomic E-state index is 12.7. The van der Waals surface area contributed by atoms with Gasteiger partial charge in [-0.1, -0.05) is 6.07 Å². The minimum atomic E-state index is -0.455. The zero-order valence-electron chi connectivity index (χ0n) is 14.1. The van der Waals surface area contributed by atoms with E-state index >= 15 is 0 Å². The van der Waals surface area contributed by atoms with E-state index in [4.69, 9.17) is 4.74 Å². The Hall–Kier alpha value is -1.95. The molecule has 1 aromatic heterocycles. The molecule has 1 N–H and O–H groups in total. The summed E-state index contributed by atoms with van der Waals surface area (Å²) in [5.41, 5.74) is 0.908. The number of carbonyl (C=O) groups excluding carboxylic acids is 2. The van der Waals surface area contributed by atoms with Crippen molar-refractivity contribution >= 4 is 11.8 Å². The topological polar surface area (TPSA) is 71.5 Å². The summed E-state index contributed by atoms with van der Waals surface area (Å²) in [6.07, 6.45) is 4.35. The van der Waals surface area contributed by atoms with Gasteiger partial charge < -0.3 is 15.0 Å². The van der Waals surface area contributed by atoms with Crippen LogP contribution < -0.4 is 5.32 Å². The van der Waals surface area contributed by atoms with Gasteiger partial charge in [-0.15, -0.1) is 0 Å². The van der Waals surface area contributed by atoms with Crippen molar-refractivity contribution < 1.29 is 14.3 Å². The van der Waals surface area contributed by atoms with Gasteiger partial charge in [0.25, 0.3) is 5.91 Å². The second kappa shape index (κ2) is 7.55. The Balaban J connectivity index is 2.11. The molecule has 0 aliphatic carbocycles. The average molecular weight is 319 g/mol. The van der Waals surface area contributed by atoms with E-state index in [0.717, 1.165) is 18.4 Å². The van der Waals surface area contributed by atoms with Crippen LogP contribution in [-0.4, -0.2) is 54.5 Å². The first-order chi connectivity index (χ1) is 11.0. The first-order valence-corrected chi connectivity index (χ1v) is 7.98. The predicted molar refractivity (Wildman–Crippen MR) is 87.2 cm³/mol. The molecule has 23 heavy (non-hydrogen) atoms. The lowest BCUT2D eigenvalue weighted by molar-refractivity contribution is -0.123. The van der Waals surface area contributed by atoms with E-state index in [2.05, 4.69) is 10.3 Å². The molecule has 1 fully saturated rings. The highest BCUT2D eigenvalue weighted by atomic mass is 16.5. The molecule has 1 atom stereocenters. The Labute approximate surface area is 137 Å². The summed E-state index contributed by atoms with van der Waals surface area (Å²) in [4.78, 5) is 30.3. The van der Waals surface area contributed by atoms with Crippen LogP contribution >= 0.6 is 0 Å². The first-order valence-electron chi connectivity index (χ1n) is 7.98. The highest BCUT2D eigenvalue weighted by Crippen LogP contribution is 2.30. The summed E-state index contributed by atoms with van der Waals surface area (Å²) in [6.45, 7) is 3.08. The van der Waals surface area contributed by atoms with Crippen LogP contribution in [0.3, 0.4) is 0 Å². The van der Waals surface area contributed by atoms with Crippen molar-refractivity contribution in [2.24, 2.45) is 0 Å². The number of amides is 2. The minimum Gasteiger partial charge on any atom is -0.376 e. The Morgan fingerprint density at radius 3 is 2.91 bits per heavy atom. The maximum atomic E-state index is 12.7. The summed E-state index contributed by atoms with van der Waals surface area (Å²) < 4.78 is 5.73. The minimum absolute atomic E-state index is 0.00885. The molecule has 0 spiro atoms. The standard InChI is InChI=1S/C17H25N3O3/c1-13-6-4-10-19-15(13)16(22)20-11-5-8-17(12-20,23-3)9-7-14(21)18-2/h4,6,10H,5,7-9,11-12H2,1-3H3,(H,18,21)/t17-/m1/s1. The highest BCUT2D eigenvalue weighted by Gasteiger charge is 2.38. The van der Waals surface area contributed by atoms with E-state index < -0.39 is 5.60 Å². The van der Waals surface area contributed by atoms with Gasteiger partial charge in [-0.2, -0.15) is 0 Å². The van der Waals surface area contributed by atoms with Gasteiger partial charge in [-0.3, -0.25) is 14.6 Å². The van der Waals surface area contributed by atoms with Gasteiger partial charge in [0.15, 0.2) is 0 Å². The molecule has 1 aliphatic rings. The van der Waals surface area contributed by atoms with Crippen molar-refractivity contribution in [3.8, 4) is 0 Å². The summed E-state index contributed by atoms with van der Waals surface area (Å²) in [5.74, 6) is -0.0744. The lowest BCUT2D eigenvalue weighted by atomic mass is 9.87. The van der Waals surface area contributed by atoms with E-state index in [1.165, 1.54) is 0 Å². The Kier molecular flexibility index (Phi) is 5.71. The van der Waals surface area contributed by atoms with Crippen LogP contribution in [0.2, 0.25) is 0 Å². The lowest BCUT2D eigenvalue weighted by Gasteiger charge is -2.42. The molecule has 6 nitrogen and oxygen atoms in total. The zero-order chi connectivity index (χ0) is 16.9. The lowest BCUT2D eigenvalue weighted by Crippen LogP contribution is -2.52. The number of rotatable bonds is 5. The van der Waals surface area contributed by atoms with E-state index in [9.17, 15) is 9.59 Å². The first kappa shape index (κ1) is 17.4. The SMILES string of the molecule is CNC(=O)CC[C@]1(OC)CCCN(C(=O)c2ncccc2C)C1. The van der Waals surface area contributed by atoms with Gasteiger partial charge >= 0.3 is 0 Å². The molecule has 0 saturated carbocycles. The number of nitrogens with one attached hydrogen (secondary N) is 1. The number of pyridine rings is 1. The van der Waals surface area contributed by atoms with Crippen molar-refractivity contribution in [3.05, 3.63) is 29.6 Å². The molecular weight excluding hydrogens is 294 g/mol. The number of likely N-dealkylation sites (tertiary alicyclic amines) is 1. The molecule has 6 heteroatoms. The molecule has 0 radical (unpaired) electrons. The quantitative estimate of drug-likeness (QED) is 0.893. The van der Waals surface area contributed by atoms with E-state index in [0.29, 0.717) is 31.6 Å². The van der Waals surface area contributed by atoms with Gasteiger partial charge in [0.05, 0.1) is 12.1 Å². The molecular formula is C17H25N3O3. The fourth-order valence-electron chi connectivity index (χ4n) is 3.07. The van der Waals surface area contributed by atoms with Crippen molar-refractivity contribution in [2.45, 2.75) is 38.2 Å². The average Bonchev–Trinajstić information content (AvgIpc) is 2.59. The Morgan fingerprint density at radius 1 is 1.48 bits per heavy atom. The molecule has 2 rings (SSSR count). The van der Waals surface area contributed by atoms with Gasteiger partial charge in [0, 0.05) is 33.3 Å². The number of aromatic nitrogens is 1. The monoisotopic (exact) mass is 319 g/mol. The van der Waals surface area contributed by atoms with Gasteiger partial charge in [-0.05, 0) is 37.8 Å². The Bertz CT molecular complexity index is 576. The predicted octanol–water partition coefficient (Wildman–Crippen LogP) is 1.54. The van der Waals surface area contributed by atoms with Crippen LogP contribution in [0.15, 0.2) is 18.3 Å². The van der Waals surface area contributed by atoms with E-state index in [-0.39, 0.29) is 11.8 Å². The third-order valence-electron chi connectivity index (χ3n) is 4.56. The number of carbonyl (C=O) groups is 2. The fourth-order valence-corrected chi connectivity index (χ4v) is 3.07. The molecule has 0 unspecified atom stereocenters. The second-order valence-corrected chi connectivity index (χ2v) is 6.06. The van der Waals surface area contributed by atoms with Crippen molar-refractivity contribution in [1.82, 2.24) is 15.2 Å². The third kappa shape index (κ3) is 4.07. The number of hydrogen-bond donors (Lipinski definition) is 1. The van der Waals surface area contributed by atoms with Crippen LogP contribution in [-0.2, 0) is 9.53 Å². The van der Waals surface area contributed by atoms with Crippen LogP contribution in [0, 0.1) is 6.92 Å². The number of piperidine rings is 1. The van der Waals surface area contributed by atoms with Crippen molar-refractivity contribution in [1.29, 1.82) is 0 Å². The number of methoxy groups -OCH3 is 1. The highest BCUT2D eigenvalue weighted by molar-refractivity contribution is 5.93. The number of nitrogens with zero attached hydrogens (tertiary/aromatic N) is 2. The summed E-state index contributed by atoms with van der Waals surface area (Å²) >= 11 is 0. The summed E-state index contributed by atoms with van der Waals surface area (Å²) in [6, 6.07) is 3.71. The normalized spacial score (nSPS) is 21.1. The molecule has 1 saturated heterocycles. The van der Waals surface area contributed by atoms with Gasteiger partial charge in [-0.25, -0.2) is 0 Å². The molecule has 2 amide bonds. The molecule has 126 valence electrons. The van der Waals surface area contributed by atoms with Gasteiger partial charge in [0.2, 0.25) is 5.91 Å². The summed E-state index contributed by atoms with van der Waals surface area (Å²) in [7, 11) is 3.28. The third-order valence-corrected chi connectivity index (χ3v) is 4.56. The smallest absolute Gasteiger partial charge is 0.272 e. The largest absolute Gasteiger partial charge is 0.376 e. The number of aryl methyl sites for hydroxylation is 1. The van der Waals surface area contributed by atoms with Crippen molar-refractivity contribution in [3.63, 3.8) is 0 Å². The maximum Gasteiger partial charge on any atom is 0.272 e. The van der Waals surface area contributed by atoms with Crippen LogP contribution in [0.25, 0.3) is 0 Å². The molecule has 1 aliphatic heterocycles. The Morgan fingerprint density at radius 2 is 2.26 bits per heavy atom. The second-order valence-electron chi connectivity index (χ2n) is 6.06. The fraction of sp³-hybridized carbons (Fsp3) is 0.588. The van der Waals surface area contributed by atoms with E-state index in [1.54, 1.807) is 25.3 Å². The van der Waals surface area contributed by atoms with Crippen molar-refractivity contribution in [2.75, 3.05) is 27.2 Å². The summed E-state index contributed by atoms with van der Waals surface area (Å²) in [5, 5.41) is 2.63. The zero-order valence-corrected chi connectivity index (χ0v) is 14.1. The molecule has 1 aromatic rings.